The van der Waals surface area contributed by atoms with Crippen LogP contribution < -0.4 is 14.8 Å². The van der Waals surface area contributed by atoms with Crippen LogP contribution in [0.2, 0.25) is 0 Å². The minimum atomic E-state index is -0.703. The number of carbonyl (C=O) groups excluding carboxylic acids is 1. The van der Waals surface area contributed by atoms with Gasteiger partial charge in [-0.15, -0.1) is 0 Å². The van der Waals surface area contributed by atoms with E-state index in [1.165, 1.54) is 0 Å². The van der Waals surface area contributed by atoms with Gasteiger partial charge in [-0.3, -0.25) is 9.78 Å². The first-order valence-electron chi connectivity index (χ1n) is 7.19. The number of pyridine rings is 1. The highest BCUT2D eigenvalue weighted by Crippen LogP contribution is 2.35. The van der Waals surface area contributed by atoms with Gasteiger partial charge in [0.25, 0.3) is 0 Å². The van der Waals surface area contributed by atoms with E-state index in [4.69, 9.17) is 9.47 Å². The fraction of sp³-hybridized carbons (Fsp3) is 0.294. The molecule has 1 aliphatic heterocycles. The molecule has 0 bridgehead atoms. The Hall–Kier alpha value is -2.56. The van der Waals surface area contributed by atoms with Crippen LogP contribution in [0.15, 0.2) is 42.7 Å². The normalized spacial score (nSPS) is 13.5. The number of amides is 1. The van der Waals surface area contributed by atoms with Gasteiger partial charge in [0.2, 0.25) is 5.91 Å². The van der Waals surface area contributed by atoms with E-state index >= 15 is 0 Å². The van der Waals surface area contributed by atoms with E-state index in [2.05, 4.69) is 10.3 Å². The van der Waals surface area contributed by atoms with Gasteiger partial charge >= 0.3 is 0 Å². The number of fused-ring (bicyclic) bond motifs is 1. The first kappa shape index (κ1) is 14.4. The van der Waals surface area contributed by atoms with E-state index in [9.17, 15) is 4.79 Å². The molecule has 0 atom stereocenters. The molecule has 1 aromatic heterocycles. The highest BCUT2D eigenvalue weighted by molar-refractivity contribution is 5.98. The molecule has 1 N–H and O–H groups in total. The Balaban J connectivity index is 1.84. The number of nitrogens with zero attached hydrogens (tertiary/aromatic N) is 1. The largest absolute Gasteiger partial charge is 0.486 e. The summed E-state index contributed by atoms with van der Waals surface area (Å²) < 4.78 is 11.1. The third kappa shape index (κ3) is 2.74. The van der Waals surface area contributed by atoms with Gasteiger partial charge in [0.15, 0.2) is 11.5 Å². The van der Waals surface area contributed by atoms with Crippen LogP contribution in [0, 0.1) is 0 Å². The maximum Gasteiger partial charge on any atom is 0.234 e. The summed E-state index contributed by atoms with van der Waals surface area (Å²) in [5, 5.41) is 2.89. The Kier molecular flexibility index (Phi) is 3.71. The van der Waals surface area contributed by atoms with Crippen molar-refractivity contribution in [3.63, 3.8) is 0 Å². The fourth-order valence-electron chi connectivity index (χ4n) is 2.29. The molecular weight excluding hydrogens is 280 g/mol. The van der Waals surface area contributed by atoms with Crippen molar-refractivity contribution in [3.8, 4) is 11.5 Å². The number of carbonyl (C=O) groups is 1. The van der Waals surface area contributed by atoms with E-state index in [1.54, 1.807) is 18.5 Å². The lowest BCUT2D eigenvalue weighted by molar-refractivity contribution is -0.120. The molecule has 114 valence electrons. The zero-order valence-electron chi connectivity index (χ0n) is 12.6. The highest BCUT2D eigenvalue weighted by atomic mass is 16.6. The molecule has 1 amide bonds. The minimum Gasteiger partial charge on any atom is -0.486 e. The third-order valence-corrected chi connectivity index (χ3v) is 3.75. The van der Waals surface area contributed by atoms with Gasteiger partial charge < -0.3 is 14.8 Å². The second-order valence-corrected chi connectivity index (χ2v) is 5.68. The van der Waals surface area contributed by atoms with Crippen LogP contribution in [0.25, 0.3) is 0 Å². The van der Waals surface area contributed by atoms with Crippen LogP contribution in [-0.2, 0) is 10.2 Å². The van der Waals surface area contributed by atoms with Crippen molar-refractivity contribution in [1.29, 1.82) is 0 Å². The van der Waals surface area contributed by atoms with Crippen LogP contribution in [0.1, 0.15) is 19.4 Å². The summed E-state index contributed by atoms with van der Waals surface area (Å²) in [5.74, 6) is 1.31. The van der Waals surface area contributed by atoms with Crippen LogP contribution in [-0.4, -0.2) is 24.1 Å². The highest BCUT2D eigenvalue weighted by Gasteiger charge is 2.31. The molecule has 0 saturated carbocycles. The van der Waals surface area contributed by atoms with Gasteiger partial charge in [0, 0.05) is 6.20 Å². The number of rotatable bonds is 3. The zero-order chi connectivity index (χ0) is 15.6. The molecule has 3 rings (SSSR count). The Bertz CT molecular complexity index is 684. The molecule has 0 aliphatic carbocycles. The van der Waals surface area contributed by atoms with E-state index < -0.39 is 5.41 Å². The van der Waals surface area contributed by atoms with E-state index in [0.29, 0.717) is 24.7 Å². The molecule has 2 aromatic rings. The maximum atomic E-state index is 12.6. The molecule has 0 spiro atoms. The number of ether oxygens (including phenoxy) is 2. The van der Waals surface area contributed by atoms with Gasteiger partial charge in [-0.25, -0.2) is 0 Å². The molecule has 1 aromatic carbocycles. The van der Waals surface area contributed by atoms with Gasteiger partial charge in [-0.1, -0.05) is 6.07 Å². The monoisotopic (exact) mass is 298 g/mol. The summed E-state index contributed by atoms with van der Waals surface area (Å²) in [5.41, 5.74) is 0.849. The lowest BCUT2D eigenvalue weighted by Gasteiger charge is -2.26. The summed E-state index contributed by atoms with van der Waals surface area (Å²) in [6.07, 6.45) is 3.29. The molecule has 5 heteroatoms. The number of hydrogen-bond donors (Lipinski definition) is 1. The number of nitrogens with one attached hydrogen (secondary N) is 1. The van der Waals surface area contributed by atoms with Crippen molar-refractivity contribution in [2.75, 3.05) is 18.5 Å². The van der Waals surface area contributed by atoms with E-state index in [1.807, 2.05) is 38.1 Å². The second kappa shape index (κ2) is 5.67. The smallest absolute Gasteiger partial charge is 0.234 e. The molecule has 0 fully saturated rings. The van der Waals surface area contributed by atoms with Gasteiger partial charge in [-0.05, 0) is 43.7 Å². The summed E-state index contributed by atoms with van der Waals surface area (Å²) in [6.45, 7) is 4.84. The SMILES string of the molecule is CC(C)(C(=O)Nc1cccnc1)c1ccc2c(c1)OCCO2. The Labute approximate surface area is 129 Å². The van der Waals surface area contributed by atoms with Crippen molar-refractivity contribution < 1.29 is 14.3 Å². The number of anilines is 1. The van der Waals surface area contributed by atoms with E-state index in [-0.39, 0.29) is 5.91 Å². The van der Waals surface area contributed by atoms with Crippen molar-refractivity contribution in [2.45, 2.75) is 19.3 Å². The lowest BCUT2D eigenvalue weighted by Crippen LogP contribution is -2.34. The average Bonchev–Trinajstić information content (AvgIpc) is 2.55. The predicted octanol–water partition coefficient (Wildman–Crippen LogP) is 2.77. The van der Waals surface area contributed by atoms with Crippen molar-refractivity contribution in [2.24, 2.45) is 0 Å². The lowest BCUT2D eigenvalue weighted by atomic mass is 9.83. The molecular formula is C17H18N2O3. The average molecular weight is 298 g/mol. The number of hydrogen-bond acceptors (Lipinski definition) is 4. The first-order valence-corrected chi connectivity index (χ1v) is 7.19. The van der Waals surface area contributed by atoms with Crippen molar-refractivity contribution in [1.82, 2.24) is 4.98 Å². The molecule has 2 heterocycles. The fourth-order valence-corrected chi connectivity index (χ4v) is 2.29. The van der Waals surface area contributed by atoms with Gasteiger partial charge in [-0.2, -0.15) is 0 Å². The summed E-state index contributed by atoms with van der Waals surface area (Å²) in [6, 6.07) is 9.22. The standard InChI is InChI=1S/C17H18N2O3/c1-17(2,16(20)19-13-4-3-7-18-11-13)12-5-6-14-15(10-12)22-9-8-21-14/h3-7,10-11H,8-9H2,1-2H3,(H,19,20). The van der Waals surface area contributed by atoms with Crippen LogP contribution in [0.3, 0.4) is 0 Å². The van der Waals surface area contributed by atoms with E-state index in [0.717, 1.165) is 11.3 Å². The Morgan fingerprint density at radius 1 is 1.18 bits per heavy atom. The summed E-state index contributed by atoms with van der Waals surface area (Å²) in [4.78, 5) is 16.6. The quantitative estimate of drug-likeness (QED) is 0.946. The molecule has 5 nitrogen and oxygen atoms in total. The zero-order valence-corrected chi connectivity index (χ0v) is 12.6. The molecule has 1 aliphatic rings. The topological polar surface area (TPSA) is 60.5 Å². The Morgan fingerprint density at radius 2 is 1.95 bits per heavy atom. The number of aromatic nitrogens is 1. The van der Waals surface area contributed by atoms with Crippen molar-refractivity contribution >= 4 is 11.6 Å². The van der Waals surface area contributed by atoms with Gasteiger partial charge in [0.05, 0.1) is 17.3 Å². The maximum absolute atomic E-state index is 12.6. The molecule has 0 saturated heterocycles. The van der Waals surface area contributed by atoms with Crippen molar-refractivity contribution in [3.05, 3.63) is 48.3 Å². The minimum absolute atomic E-state index is 0.0998. The van der Waals surface area contributed by atoms with Gasteiger partial charge in [0.1, 0.15) is 13.2 Å². The third-order valence-electron chi connectivity index (χ3n) is 3.75. The molecule has 0 radical (unpaired) electrons. The van der Waals surface area contributed by atoms with Crippen LogP contribution in [0.5, 0.6) is 11.5 Å². The van der Waals surface area contributed by atoms with Crippen LogP contribution in [0.4, 0.5) is 5.69 Å². The first-order chi connectivity index (χ1) is 10.6. The molecule has 22 heavy (non-hydrogen) atoms. The Morgan fingerprint density at radius 3 is 2.68 bits per heavy atom. The van der Waals surface area contributed by atoms with Crippen LogP contribution >= 0.6 is 0 Å². The molecule has 0 unspecified atom stereocenters. The second-order valence-electron chi connectivity index (χ2n) is 5.68. The summed E-state index contributed by atoms with van der Waals surface area (Å²) >= 11 is 0. The number of benzene rings is 1. The summed E-state index contributed by atoms with van der Waals surface area (Å²) in [7, 11) is 0. The predicted molar refractivity (Wildman–Crippen MR) is 83.3 cm³/mol.